The molecule has 0 amide bonds. The minimum absolute atomic E-state index is 0.0327. The van der Waals surface area contributed by atoms with E-state index < -0.39 is 10.0 Å². The largest absolute Gasteiger partial charge is 0.464 e. The van der Waals surface area contributed by atoms with Gasteiger partial charge in [0.25, 0.3) is 0 Å². The Labute approximate surface area is 125 Å². The van der Waals surface area contributed by atoms with Crippen molar-refractivity contribution in [1.82, 2.24) is 9.62 Å². The molecular weight excluding hydrogens is 296 g/mol. The van der Waals surface area contributed by atoms with E-state index in [0.29, 0.717) is 29.5 Å². The van der Waals surface area contributed by atoms with Crippen LogP contribution in [0, 0.1) is 6.92 Å². The maximum absolute atomic E-state index is 12.7. The van der Waals surface area contributed by atoms with E-state index in [2.05, 4.69) is 5.32 Å². The zero-order chi connectivity index (χ0) is 14.8. The van der Waals surface area contributed by atoms with Gasteiger partial charge in [-0.25, -0.2) is 8.42 Å². The molecule has 2 heterocycles. The minimum atomic E-state index is -3.45. The zero-order valence-electron chi connectivity index (χ0n) is 12.2. The molecule has 1 aromatic rings. The maximum Gasteiger partial charge on any atom is 0.246 e. The van der Waals surface area contributed by atoms with Crippen molar-refractivity contribution >= 4 is 21.8 Å². The predicted octanol–water partition coefficient (Wildman–Crippen LogP) is 1.82. The number of sulfonamides is 1. The summed E-state index contributed by atoms with van der Waals surface area (Å²) in [5.74, 6) is 2.84. The van der Waals surface area contributed by atoms with E-state index in [9.17, 15) is 8.42 Å². The van der Waals surface area contributed by atoms with Crippen molar-refractivity contribution in [2.24, 2.45) is 0 Å². The normalized spacial score (nSPS) is 21.2. The molecule has 0 saturated carbocycles. The fraction of sp³-hybridized carbons (Fsp3) is 0.692. The van der Waals surface area contributed by atoms with Crippen LogP contribution in [0.1, 0.15) is 25.4 Å². The van der Waals surface area contributed by atoms with E-state index in [1.807, 2.05) is 13.8 Å². The van der Waals surface area contributed by atoms with Crippen LogP contribution in [-0.4, -0.2) is 43.4 Å². The first-order chi connectivity index (χ1) is 9.46. The van der Waals surface area contributed by atoms with Crippen LogP contribution in [-0.2, 0) is 16.6 Å². The Bertz CT molecular complexity index is 554. The van der Waals surface area contributed by atoms with Gasteiger partial charge in [-0.1, -0.05) is 6.92 Å². The van der Waals surface area contributed by atoms with Crippen molar-refractivity contribution in [2.75, 3.05) is 24.6 Å². The summed E-state index contributed by atoms with van der Waals surface area (Å²) in [5, 5.41) is 3.14. The van der Waals surface area contributed by atoms with Gasteiger partial charge in [0.1, 0.15) is 16.4 Å². The first-order valence-electron chi connectivity index (χ1n) is 6.86. The SMILES string of the molecule is CCNCc1cc(S(=O)(=O)N2CCSCC2C)c(C)o1. The molecule has 5 nitrogen and oxygen atoms in total. The second-order valence-corrected chi connectivity index (χ2v) is 7.96. The van der Waals surface area contributed by atoms with Crippen LogP contribution >= 0.6 is 11.8 Å². The fourth-order valence-corrected chi connectivity index (χ4v) is 5.35. The molecule has 1 aliphatic heterocycles. The van der Waals surface area contributed by atoms with Gasteiger partial charge in [0, 0.05) is 30.2 Å². The highest BCUT2D eigenvalue weighted by Gasteiger charge is 2.33. The van der Waals surface area contributed by atoms with E-state index in [0.717, 1.165) is 18.1 Å². The third-order valence-corrected chi connectivity index (χ3v) is 6.68. The van der Waals surface area contributed by atoms with Crippen LogP contribution in [0.3, 0.4) is 0 Å². The Kier molecular flexibility index (Phi) is 5.17. The van der Waals surface area contributed by atoms with Gasteiger partial charge in [0.15, 0.2) is 0 Å². The number of hydrogen-bond donors (Lipinski definition) is 1. The van der Waals surface area contributed by atoms with Crippen LogP contribution in [0.4, 0.5) is 0 Å². The monoisotopic (exact) mass is 318 g/mol. The van der Waals surface area contributed by atoms with Crippen LogP contribution in [0.25, 0.3) is 0 Å². The molecule has 1 unspecified atom stereocenters. The highest BCUT2D eigenvalue weighted by Crippen LogP contribution is 2.28. The standard InChI is InChI=1S/C13H22N2O3S2/c1-4-14-8-12-7-13(11(3)18-12)20(16,17)15-5-6-19-9-10(15)2/h7,10,14H,4-6,8-9H2,1-3H3. The van der Waals surface area contributed by atoms with Crippen molar-refractivity contribution in [3.05, 3.63) is 17.6 Å². The molecule has 1 saturated heterocycles. The zero-order valence-corrected chi connectivity index (χ0v) is 13.8. The van der Waals surface area contributed by atoms with Gasteiger partial charge in [-0.3, -0.25) is 0 Å². The number of thioether (sulfide) groups is 1. The Balaban J connectivity index is 2.26. The van der Waals surface area contributed by atoms with Crippen LogP contribution in [0.15, 0.2) is 15.4 Å². The van der Waals surface area contributed by atoms with Gasteiger partial charge >= 0.3 is 0 Å². The first-order valence-corrected chi connectivity index (χ1v) is 9.46. The first kappa shape index (κ1) is 15.9. The molecular formula is C13H22N2O3S2. The lowest BCUT2D eigenvalue weighted by atomic mass is 10.4. The third-order valence-electron chi connectivity index (χ3n) is 3.37. The third kappa shape index (κ3) is 3.21. The van der Waals surface area contributed by atoms with Gasteiger partial charge in [-0.05, 0) is 20.4 Å². The van der Waals surface area contributed by atoms with E-state index in [-0.39, 0.29) is 6.04 Å². The topological polar surface area (TPSA) is 62.6 Å². The minimum Gasteiger partial charge on any atom is -0.464 e. The van der Waals surface area contributed by atoms with Crippen molar-refractivity contribution in [2.45, 2.75) is 38.3 Å². The second-order valence-electron chi connectivity index (χ2n) is 4.95. The van der Waals surface area contributed by atoms with Crippen molar-refractivity contribution < 1.29 is 12.8 Å². The summed E-state index contributed by atoms with van der Waals surface area (Å²) < 4.78 is 32.6. The smallest absolute Gasteiger partial charge is 0.246 e. The molecule has 0 spiro atoms. The number of nitrogens with one attached hydrogen (secondary N) is 1. The molecule has 2 rings (SSSR count). The molecule has 0 aliphatic carbocycles. The molecule has 1 aromatic heterocycles. The van der Waals surface area contributed by atoms with Crippen LogP contribution < -0.4 is 5.32 Å². The van der Waals surface area contributed by atoms with E-state index in [1.165, 1.54) is 0 Å². The quantitative estimate of drug-likeness (QED) is 0.897. The van der Waals surface area contributed by atoms with E-state index >= 15 is 0 Å². The molecule has 0 aromatic carbocycles. The van der Waals surface area contributed by atoms with Crippen LogP contribution in [0.2, 0.25) is 0 Å². The lowest BCUT2D eigenvalue weighted by Gasteiger charge is -2.31. The highest BCUT2D eigenvalue weighted by atomic mass is 32.2. The summed E-state index contributed by atoms with van der Waals surface area (Å²) in [6, 6.07) is 1.69. The molecule has 1 atom stereocenters. The number of hydrogen-bond acceptors (Lipinski definition) is 5. The van der Waals surface area contributed by atoms with Gasteiger partial charge in [-0.2, -0.15) is 16.1 Å². The Morgan fingerprint density at radius 2 is 2.30 bits per heavy atom. The summed E-state index contributed by atoms with van der Waals surface area (Å²) in [5.41, 5.74) is 0. The van der Waals surface area contributed by atoms with Crippen LogP contribution in [0.5, 0.6) is 0 Å². The Morgan fingerprint density at radius 3 is 2.95 bits per heavy atom. The fourth-order valence-electron chi connectivity index (χ4n) is 2.31. The highest BCUT2D eigenvalue weighted by molar-refractivity contribution is 7.99. The Morgan fingerprint density at radius 1 is 1.55 bits per heavy atom. The predicted molar refractivity (Wildman–Crippen MR) is 81.5 cm³/mol. The summed E-state index contributed by atoms with van der Waals surface area (Å²) >= 11 is 1.80. The van der Waals surface area contributed by atoms with Gasteiger partial charge < -0.3 is 9.73 Å². The second kappa shape index (κ2) is 6.51. The average molecular weight is 318 g/mol. The molecule has 0 bridgehead atoms. The molecule has 1 fully saturated rings. The summed E-state index contributed by atoms with van der Waals surface area (Å²) in [6.45, 7) is 7.62. The molecule has 1 aliphatic rings. The summed E-state index contributed by atoms with van der Waals surface area (Å²) in [4.78, 5) is 0.309. The molecule has 0 radical (unpaired) electrons. The summed E-state index contributed by atoms with van der Waals surface area (Å²) in [7, 11) is -3.45. The molecule has 20 heavy (non-hydrogen) atoms. The van der Waals surface area contributed by atoms with Gasteiger partial charge in [-0.15, -0.1) is 0 Å². The molecule has 1 N–H and O–H groups in total. The van der Waals surface area contributed by atoms with Crippen molar-refractivity contribution in [1.29, 1.82) is 0 Å². The lowest BCUT2D eigenvalue weighted by molar-refractivity contribution is 0.366. The Hall–Kier alpha value is -0.500. The van der Waals surface area contributed by atoms with Gasteiger partial charge in [0.2, 0.25) is 10.0 Å². The average Bonchev–Trinajstić information content (AvgIpc) is 2.78. The number of rotatable bonds is 5. The number of furan rings is 1. The molecule has 114 valence electrons. The van der Waals surface area contributed by atoms with E-state index in [4.69, 9.17) is 4.42 Å². The van der Waals surface area contributed by atoms with E-state index in [1.54, 1.807) is 29.1 Å². The lowest BCUT2D eigenvalue weighted by Crippen LogP contribution is -2.44. The van der Waals surface area contributed by atoms with Crippen molar-refractivity contribution in [3.8, 4) is 0 Å². The number of aryl methyl sites for hydroxylation is 1. The van der Waals surface area contributed by atoms with Gasteiger partial charge in [0.05, 0.1) is 6.54 Å². The van der Waals surface area contributed by atoms with Crippen molar-refractivity contribution in [3.63, 3.8) is 0 Å². The summed E-state index contributed by atoms with van der Waals surface area (Å²) in [6.07, 6.45) is 0. The molecule has 7 heteroatoms. The maximum atomic E-state index is 12.7. The number of nitrogens with zero attached hydrogens (tertiary/aromatic N) is 1.